The van der Waals surface area contributed by atoms with Crippen LogP contribution in [-0.4, -0.2) is 18.4 Å². The summed E-state index contributed by atoms with van der Waals surface area (Å²) in [5, 5.41) is 2.88. The number of hydrogen-bond donors (Lipinski definition) is 1. The van der Waals surface area contributed by atoms with E-state index < -0.39 is 0 Å². The zero-order valence-electron chi connectivity index (χ0n) is 15.0. The van der Waals surface area contributed by atoms with Crippen LogP contribution in [0.2, 0.25) is 0 Å². The van der Waals surface area contributed by atoms with Gasteiger partial charge in [0.15, 0.2) is 0 Å². The molecule has 134 valence electrons. The van der Waals surface area contributed by atoms with Gasteiger partial charge in [-0.05, 0) is 44.0 Å². The quantitative estimate of drug-likeness (QED) is 0.828. The van der Waals surface area contributed by atoms with Crippen LogP contribution in [0.25, 0.3) is 0 Å². The molecule has 0 aromatic heterocycles. The lowest BCUT2D eigenvalue weighted by Gasteiger charge is -2.32. The van der Waals surface area contributed by atoms with Gasteiger partial charge >= 0.3 is 0 Å². The first-order chi connectivity index (χ1) is 12.7. The number of carbonyl (C=O) groups excluding carboxylic acids is 2. The fourth-order valence-electron chi connectivity index (χ4n) is 3.41. The van der Waals surface area contributed by atoms with Gasteiger partial charge in [0.2, 0.25) is 11.8 Å². The number of nitrogens with one attached hydrogen (secondary N) is 1. The third-order valence-corrected chi connectivity index (χ3v) is 4.69. The lowest BCUT2D eigenvalue weighted by molar-refractivity contribution is -0.133. The normalized spacial score (nSPS) is 19.0. The second-order valence-corrected chi connectivity index (χ2v) is 6.40. The van der Waals surface area contributed by atoms with Gasteiger partial charge in [-0.25, -0.2) is 0 Å². The number of carbonyl (C=O) groups is 2. The van der Waals surface area contributed by atoms with Crippen molar-refractivity contribution in [3.8, 4) is 0 Å². The van der Waals surface area contributed by atoms with Crippen molar-refractivity contribution < 1.29 is 9.59 Å². The lowest BCUT2D eigenvalue weighted by atomic mass is 9.81. The molecule has 0 saturated carbocycles. The van der Waals surface area contributed by atoms with Crippen LogP contribution in [0.4, 0.5) is 11.4 Å². The summed E-state index contributed by atoms with van der Waals surface area (Å²) in [5.41, 5.74) is 1.63. The highest BCUT2D eigenvalue weighted by atomic mass is 16.2. The second kappa shape index (κ2) is 8.48. The molecule has 0 aliphatic heterocycles. The molecule has 26 heavy (non-hydrogen) atoms. The predicted molar refractivity (Wildman–Crippen MR) is 104 cm³/mol. The molecule has 4 heteroatoms. The lowest BCUT2D eigenvalue weighted by Crippen LogP contribution is -2.43. The number of rotatable bonds is 5. The molecular weight excluding hydrogens is 324 g/mol. The average Bonchev–Trinajstić information content (AvgIpc) is 2.70. The van der Waals surface area contributed by atoms with Crippen molar-refractivity contribution in [1.29, 1.82) is 0 Å². The zero-order valence-corrected chi connectivity index (χ0v) is 15.0. The maximum Gasteiger partial charge on any atom is 0.235 e. The van der Waals surface area contributed by atoms with Crippen molar-refractivity contribution in [3.63, 3.8) is 0 Å². The van der Waals surface area contributed by atoms with E-state index in [2.05, 4.69) is 5.32 Å². The minimum absolute atomic E-state index is 0.0389. The highest BCUT2D eigenvalue weighted by Gasteiger charge is 2.37. The first kappa shape index (κ1) is 17.9. The van der Waals surface area contributed by atoms with E-state index in [0.29, 0.717) is 19.4 Å². The van der Waals surface area contributed by atoms with Gasteiger partial charge in [-0.2, -0.15) is 0 Å². The first-order valence-electron chi connectivity index (χ1n) is 9.09. The Morgan fingerprint density at radius 2 is 1.38 bits per heavy atom. The third kappa shape index (κ3) is 3.85. The molecule has 1 N–H and O–H groups in total. The number of allylic oxidation sites excluding steroid dienone is 2. The summed E-state index contributed by atoms with van der Waals surface area (Å²) in [4.78, 5) is 27.8. The fourth-order valence-corrected chi connectivity index (χ4v) is 3.41. The summed E-state index contributed by atoms with van der Waals surface area (Å²) in [7, 11) is 0. The van der Waals surface area contributed by atoms with E-state index in [4.69, 9.17) is 0 Å². The molecule has 1 aliphatic carbocycles. The van der Waals surface area contributed by atoms with E-state index in [1.54, 1.807) is 4.90 Å². The molecule has 0 saturated heterocycles. The smallest absolute Gasteiger partial charge is 0.235 e. The summed E-state index contributed by atoms with van der Waals surface area (Å²) in [6.07, 6.45) is 5.18. The Bertz CT molecular complexity index is 732. The Balaban J connectivity index is 1.97. The maximum atomic E-state index is 13.5. The van der Waals surface area contributed by atoms with Crippen LogP contribution < -0.4 is 10.2 Å². The van der Waals surface area contributed by atoms with E-state index in [0.717, 1.165) is 11.4 Å². The van der Waals surface area contributed by atoms with Crippen molar-refractivity contribution in [2.45, 2.75) is 19.8 Å². The zero-order chi connectivity index (χ0) is 18.4. The summed E-state index contributed by atoms with van der Waals surface area (Å²) in [6.45, 7) is 2.47. The van der Waals surface area contributed by atoms with Gasteiger partial charge in [0.25, 0.3) is 0 Å². The summed E-state index contributed by atoms with van der Waals surface area (Å²) >= 11 is 0. The molecule has 0 bridgehead atoms. The number of benzene rings is 2. The fraction of sp³-hybridized carbons (Fsp3) is 0.273. The summed E-state index contributed by atoms with van der Waals surface area (Å²) < 4.78 is 0. The highest BCUT2D eigenvalue weighted by Crippen LogP contribution is 2.33. The van der Waals surface area contributed by atoms with Crippen LogP contribution in [0.15, 0.2) is 72.8 Å². The molecule has 2 aromatic rings. The maximum absolute atomic E-state index is 13.5. The van der Waals surface area contributed by atoms with Crippen LogP contribution in [0.3, 0.4) is 0 Å². The molecule has 2 aromatic carbocycles. The van der Waals surface area contributed by atoms with Crippen LogP contribution in [-0.2, 0) is 9.59 Å². The Morgan fingerprint density at radius 1 is 0.885 bits per heavy atom. The molecule has 3 rings (SSSR count). The third-order valence-electron chi connectivity index (χ3n) is 4.69. The molecule has 2 unspecified atom stereocenters. The van der Waals surface area contributed by atoms with Gasteiger partial charge in [0.05, 0.1) is 11.8 Å². The number of nitrogens with zero attached hydrogens (tertiary/aromatic N) is 1. The predicted octanol–water partition coefficient (Wildman–Crippen LogP) is 4.07. The molecule has 0 radical (unpaired) electrons. The summed E-state index contributed by atoms with van der Waals surface area (Å²) in [6, 6.07) is 19.2. The van der Waals surface area contributed by atoms with E-state index in [1.807, 2.05) is 79.7 Å². The molecule has 2 atom stereocenters. The van der Waals surface area contributed by atoms with Gasteiger partial charge < -0.3 is 5.32 Å². The molecule has 0 spiro atoms. The SMILES string of the molecule is CCNC(=O)C1CC=CCC1C(=O)N(c1ccccc1)c1ccccc1. The largest absolute Gasteiger partial charge is 0.356 e. The minimum Gasteiger partial charge on any atom is -0.356 e. The Morgan fingerprint density at radius 3 is 1.88 bits per heavy atom. The van der Waals surface area contributed by atoms with Crippen molar-refractivity contribution in [2.24, 2.45) is 11.8 Å². The van der Waals surface area contributed by atoms with E-state index in [1.165, 1.54) is 0 Å². The second-order valence-electron chi connectivity index (χ2n) is 6.40. The van der Waals surface area contributed by atoms with E-state index in [-0.39, 0.29) is 23.7 Å². The molecular formula is C22H24N2O2. The average molecular weight is 348 g/mol. The van der Waals surface area contributed by atoms with Crippen molar-refractivity contribution in [3.05, 3.63) is 72.8 Å². The molecule has 0 fully saturated rings. The minimum atomic E-state index is -0.369. The van der Waals surface area contributed by atoms with Gasteiger partial charge in [0, 0.05) is 17.9 Å². The van der Waals surface area contributed by atoms with Gasteiger partial charge in [-0.1, -0.05) is 48.6 Å². The monoisotopic (exact) mass is 348 g/mol. The van der Waals surface area contributed by atoms with Crippen LogP contribution >= 0.6 is 0 Å². The number of amides is 2. The van der Waals surface area contributed by atoms with E-state index in [9.17, 15) is 9.59 Å². The molecule has 4 nitrogen and oxygen atoms in total. The van der Waals surface area contributed by atoms with Gasteiger partial charge in [0.1, 0.15) is 0 Å². The Labute approximate surface area is 154 Å². The van der Waals surface area contributed by atoms with Crippen LogP contribution in [0, 0.1) is 11.8 Å². The highest BCUT2D eigenvalue weighted by molar-refractivity contribution is 6.03. The Hall–Kier alpha value is -2.88. The van der Waals surface area contributed by atoms with E-state index >= 15 is 0 Å². The van der Waals surface area contributed by atoms with Gasteiger partial charge in [-0.3, -0.25) is 14.5 Å². The number of anilines is 2. The topological polar surface area (TPSA) is 49.4 Å². The van der Waals surface area contributed by atoms with Gasteiger partial charge in [-0.15, -0.1) is 0 Å². The van der Waals surface area contributed by atoms with Crippen molar-refractivity contribution in [1.82, 2.24) is 5.32 Å². The summed E-state index contributed by atoms with van der Waals surface area (Å²) in [5.74, 6) is -0.784. The van der Waals surface area contributed by atoms with Crippen molar-refractivity contribution in [2.75, 3.05) is 11.4 Å². The molecule has 2 amide bonds. The standard InChI is InChI=1S/C22H24N2O2/c1-2-23-21(25)19-15-9-10-16-20(19)22(26)24(17-11-5-3-6-12-17)18-13-7-4-8-14-18/h3-14,19-20H,2,15-16H2,1H3,(H,23,25). The molecule has 0 heterocycles. The first-order valence-corrected chi connectivity index (χ1v) is 9.09. The number of para-hydroxylation sites is 2. The molecule has 1 aliphatic rings. The van der Waals surface area contributed by atoms with Crippen LogP contribution in [0.1, 0.15) is 19.8 Å². The number of hydrogen-bond acceptors (Lipinski definition) is 2. The van der Waals surface area contributed by atoms with Crippen molar-refractivity contribution >= 4 is 23.2 Å². The Kier molecular flexibility index (Phi) is 5.84. The van der Waals surface area contributed by atoms with Crippen LogP contribution in [0.5, 0.6) is 0 Å².